The Balaban J connectivity index is 1.25. The molecule has 9 nitrogen and oxygen atoms in total. The standard InChI is InChI=1S/C24H30N6O3S/c1-19(2)20-10-12-22(13-11-20)34(32,33)29-17-15-28(16-18-29)23(31)9-6-14-30-26-24(25-27-30)21-7-4-3-5-8-21/h3-5,7-8,10-13,19H,6,9,14-18H2,1-2H3. The van der Waals surface area contributed by atoms with Crippen LogP contribution in [0.5, 0.6) is 0 Å². The van der Waals surface area contributed by atoms with Crippen molar-refractivity contribution in [3.63, 3.8) is 0 Å². The van der Waals surface area contributed by atoms with Crippen molar-refractivity contribution in [3.8, 4) is 11.4 Å². The first-order chi connectivity index (χ1) is 16.3. The number of piperazine rings is 1. The van der Waals surface area contributed by atoms with Crippen LogP contribution in [0.2, 0.25) is 0 Å². The van der Waals surface area contributed by atoms with E-state index in [0.29, 0.717) is 62.2 Å². The van der Waals surface area contributed by atoms with E-state index in [9.17, 15) is 13.2 Å². The molecule has 34 heavy (non-hydrogen) atoms. The molecular formula is C24H30N6O3S. The summed E-state index contributed by atoms with van der Waals surface area (Å²) >= 11 is 0. The third-order valence-electron chi connectivity index (χ3n) is 6.01. The van der Waals surface area contributed by atoms with Crippen molar-refractivity contribution in [2.45, 2.75) is 44.0 Å². The van der Waals surface area contributed by atoms with E-state index < -0.39 is 10.0 Å². The first kappa shape index (κ1) is 24.0. The number of carbonyl (C=O) groups excluding carboxylic acids is 1. The number of rotatable bonds is 8. The highest BCUT2D eigenvalue weighted by Gasteiger charge is 2.30. The van der Waals surface area contributed by atoms with Gasteiger partial charge in [-0.05, 0) is 35.2 Å². The maximum atomic E-state index is 13.0. The number of benzene rings is 2. The maximum Gasteiger partial charge on any atom is 0.243 e. The van der Waals surface area contributed by atoms with Gasteiger partial charge in [-0.2, -0.15) is 9.10 Å². The van der Waals surface area contributed by atoms with E-state index in [2.05, 4.69) is 29.3 Å². The molecular weight excluding hydrogens is 452 g/mol. The number of nitrogens with zero attached hydrogens (tertiary/aromatic N) is 6. The molecule has 0 spiro atoms. The summed E-state index contributed by atoms with van der Waals surface area (Å²) in [5, 5.41) is 12.5. The smallest absolute Gasteiger partial charge is 0.243 e. The zero-order chi connectivity index (χ0) is 24.1. The lowest BCUT2D eigenvalue weighted by atomic mass is 10.0. The number of aromatic nitrogens is 4. The molecule has 3 aromatic rings. The van der Waals surface area contributed by atoms with E-state index in [4.69, 9.17) is 0 Å². The molecule has 1 fully saturated rings. The molecule has 1 saturated heterocycles. The molecule has 1 aliphatic rings. The summed E-state index contributed by atoms with van der Waals surface area (Å²) in [7, 11) is -3.56. The number of aryl methyl sites for hydroxylation is 1. The summed E-state index contributed by atoms with van der Waals surface area (Å²) in [6.07, 6.45) is 0.940. The highest BCUT2D eigenvalue weighted by atomic mass is 32.2. The largest absolute Gasteiger partial charge is 0.340 e. The lowest BCUT2D eigenvalue weighted by Crippen LogP contribution is -2.50. The molecule has 0 unspecified atom stereocenters. The van der Waals surface area contributed by atoms with E-state index in [1.807, 2.05) is 42.5 Å². The van der Waals surface area contributed by atoms with Gasteiger partial charge in [-0.3, -0.25) is 4.79 Å². The number of hydrogen-bond donors (Lipinski definition) is 0. The van der Waals surface area contributed by atoms with Crippen LogP contribution < -0.4 is 0 Å². The average Bonchev–Trinajstić information content (AvgIpc) is 3.33. The Morgan fingerprint density at radius 3 is 2.29 bits per heavy atom. The second-order valence-corrected chi connectivity index (χ2v) is 10.6. The zero-order valence-corrected chi connectivity index (χ0v) is 20.4. The van der Waals surface area contributed by atoms with Crippen LogP contribution in [0.25, 0.3) is 11.4 Å². The van der Waals surface area contributed by atoms with Gasteiger partial charge < -0.3 is 4.90 Å². The molecule has 2 aromatic carbocycles. The monoisotopic (exact) mass is 482 g/mol. The van der Waals surface area contributed by atoms with Gasteiger partial charge in [-0.15, -0.1) is 10.2 Å². The zero-order valence-electron chi connectivity index (χ0n) is 19.5. The molecule has 180 valence electrons. The molecule has 1 amide bonds. The van der Waals surface area contributed by atoms with Gasteiger partial charge >= 0.3 is 0 Å². The molecule has 1 aromatic heterocycles. The highest BCUT2D eigenvalue weighted by Crippen LogP contribution is 2.21. The van der Waals surface area contributed by atoms with Crippen molar-refractivity contribution in [1.29, 1.82) is 0 Å². The van der Waals surface area contributed by atoms with Crippen molar-refractivity contribution < 1.29 is 13.2 Å². The predicted octanol–water partition coefficient (Wildman–Crippen LogP) is 2.78. The van der Waals surface area contributed by atoms with Gasteiger partial charge in [0, 0.05) is 38.2 Å². The molecule has 1 aliphatic heterocycles. The van der Waals surface area contributed by atoms with Gasteiger partial charge in [-0.1, -0.05) is 56.3 Å². The fraction of sp³-hybridized carbons (Fsp3) is 0.417. The average molecular weight is 483 g/mol. The van der Waals surface area contributed by atoms with Crippen molar-refractivity contribution in [1.82, 2.24) is 29.4 Å². The fourth-order valence-corrected chi connectivity index (χ4v) is 5.34. The number of sulfonamides is 1. The minimum Gasteiger partial charge on any atom is -0.340 e. The number of amides is 1. The summed E-state index contributed by atoms with van der Waals surface area (Å²) < 4.78 is 27.4. The predicted molar refractivity (Wildman–Crippen MR) is 128 cm³/mol. The molecule has 0 radical (unpaired) electrons. The molecule has 2 heterocycles. The van der Waals surface area contributed by atoms with Crippen molar-refractivity contribution in [2.24, 2.45) is 0 Å². The van der Waals surface area contributed by atoms with Crippen molar-refractivity contribution >= 4 is 15.9 Å². The summed E-state index contributed by atoms with van der Waals surface area (Å²) in [6, 6.07) is 16.7. The van der Waals surface area contributed by atoms with Crippen LogP contribution in [0.4, 0.5) is 0 Å². The normalized spacial score (nSPS) is 15.1. The number of hydrogen-bond acceptors (Lipinski definition) is 6. The molecule has 0 N–H and O–H groups in total. The maximum absolute atomic E-state index is 13.0. The molecule has 4 rings (SSSR count). The van der Waals surface area contributed by atoms with Crippen LogP contribution in [0.15, 0.2) is 59.5 Å². The van der Waals surface area contributed by atoms with Gasteiger partial charge in [0.1, 0.15) is 0 Å². The van der Waals surface area contributed by atoms with Crippen molar-refractivity contribution in [3.05, 3.63) is 60.2 Å². The first-order valence-corrected chi connectivity index (χ1v) is 13.0. The van der Waals surface area contributed by atoms with E-state index in [1.54, 1.807) is 17.0 Å². The van der Waals surface area contributed by atoms with Crippen molar-refractivity contribution in [2.75, 3.05) is 26.2 Å². The van der Waals surface area contributed by atoms with E-state index >= 15 is 0 Å². The topological polar surface area (TPSA) is 101 Å². The van der Waals surface area contributed by atoms with Crippen LogP contribution in [-0.4, -0.2) is 69.9 Å². The third-order valence-corrected chi connectivity index (χ3v) is 7.92. The Bertz CT molecular complexity index is 1200. The Morgan fingerprint density at radius 1 is 0.971 bits per heavy atom. The van der Waals surface area contributed by atoms with Crippen LogP contribution in [0, 0.1) is 0 Å². The highest BCUT2D eigenvalue weighted by molar-refractivity contribution is 7.89. The van der Waals surface area contributed by atoms with E-state index in [0.717, 1.165) is 11.1 Å². The second-order valence-electron chi connectivity index (χ2n) is 8.69. The minimum absolute atomic E-state index is 0.0155. The summed E-state index contributed by atoms with van der Waals surface area (Å²) in [4.78, 5) is 16.2. The number of carbonyl (C=O) groups is 1. The SMILES string of the molecule is CC(C)c1ccc(S(=O)(=O)N2CCN(C(=O)CCCn3nnc(-c4ccccc4)n3)CC2)cc1. The van der Waals surface area contributed by atoms with E-state index in [-0.39, 0.29) is 5.91 Å². The van der Waals surface area contributed by atoms with Crippen LogP contribution in [0.3, 0.4) is 0 Å². The minimum atomic E-state index is -3.56. The lowest BCUT2D eigenvalue weighted by Gasteiger charge is -2.34. The fourth-order valence-electron chi connectivity index (χ4n) is 3.92. The Morgan fingerprint density at radius 2 is 1.65 bits per heavy atom. The van der Waals surface area contributed by atoms with Crippen LogP contribution >= 0.6 is 0 Å². The summed E-state index contributed by atoms with van der Waals surface area (Å²) in [5.74, 6) is 0.919. The van der Waals surface area contributed by atoms with E-state index in [1.165, 1.54) is 9.10 Å². The molecule has 0 saturated carbocycles. The lowest BCUT2D eigenvalue weighted by molar-refractivity contribution is -0.132. The number of tetrazole rings is 1. The Kier molecular flexibility index (Phi) is 7.38. The molecule has 10 heteroatoms. The quantitative estimate of drug-likeness (QED) is 0.489. The van der Waals surface area contributed by atoms with Gasteiger partial charge in [0.25, 0.3) is 0 Å². The van der Waals surface area contributed by atoms with Gasteiger partial charge in [0.05, 0.1) is 11.4 Å². The van der Waals surface area contributed by atoms with Gasteiger partial charge in [0.2, 0.25) is 21.8 Å². The molecule has 0 atom stereocenters. The first-order valence-electron chi connectivity index (χ1n) is 11.6. The second kappa shape index (κ2) is 10.4. The molecule has 0 bridgehead atoms. The summed E-state index contributed by atoms with van der Waals surface area (Å²) in [5.41, 5.74) is 2.00. The van der Waals surface area contributed by atoms with Gasteiger partial charge in [0.15, 0.2) is 0 Å². The summed E-state index contributed by atoms with van der Waals surface area (Å²) in [6.45, 7) is 6.01. The van der Waals surface area contributed by atoms with Crippen LogP contribution in [0.1, 0.15) is 38.2 Å². The van der Waals surface area contributed by atoms with Crippen LogP contribution in [-0.2, 0) is 21.4 Å². The Labute approximate surface area is 200 Å². The van der Waals surface area contributed by atoms with Gasteiger partial charge in [-0.25, -0.2) is 8.42 Å². The Hall–Kier alpha value is -3.11. The molecule has 0 aliphatic carbocycles. The third kappa shape index (κ3) is 5.51.